The predicted octanol–water partition coefficient (Wildman–Crippen LogP) is 2.13. The summed E-state index contributed by atoms with van der Waals surface area (Å²) in [5, 5.41) is 2.83. The Balaban J connectivity index is 1.69. The van der Waals surface area contributed by atoms with E-state index in [0.29, 0.717) is 24.7 Å². The van der Waals surface area contributed by atoms with Crippen molar-refractivity contribution in [3.8, 4) is 0 Å². The van der Waals surface area contributed by atoms with Crippen LogP contribution in [0.25, 0.3) is 0 Å². The molecule has 2 rings (SSSR count). The number of hydrogen-bond acceptors (Lipinski definition) is 1. The second-order valence-electron chi connectivity index (χ2n) is 5.25. The van der Waals surface area contributed by atoms with Gasteiger partial charge < -0.3 is 11.1 Å². The Morgan fingerprint density at radius 1 is 1.29 bits per heavy atom. The molecule has 0 aromatic carbocycles. The number of rotatable bonds is 4. The summed E-state index contributed by atoms with van der Waals surface area (Å²) in [6, 6.07) is 0. The van der Waals surface area contributed by atoms with Gasteiger partial charge in [0.15, 0.2) is 5.96 Å². The van der Waals surface area contributed by atoms with Crippen LogP contribution >= 0.6 is 0 Å². The van der Waals surface area contributed by atoms with E-state index in [1.165, 1.54) is 19.3 Å². The minimum atomic E-state index is -2.53. The molecular formula is C12H21F2N3. The molecule has 2 saturated carbocycles. The molecule has 3 N–H and O–H groups in total. The SMILES string of the molecule is NC(=NCC1CCC1)NCC1CCCC1(F)F. The van der Waals surface area contributed by atoms with Crippen molar-refractivity contribution in [2.24, 2.45) is 22.6 Å². The number of nitrogens with one attached hydrogen (secondary N) is 1. The lowest BCUT2D eigenvalue weighted by Crippen LogP contribution is -2.39. The normalized spacial score (nSPS) is 29.1. The van der Waals surface area contributed by atoms with E-state index in [0.717, 1.165) is 6.54 Å². The maximum absolute atomic E-state index is 13.3. The van der Waals surface area contributed by atoms with Crippen molar-refractivity contribution in [3.63, 3.8) is 0 Å². The fourth-order valence-corrected chi connectivity index (χ4v) is 2.44. The molecule has 2 fully saturated rings. The second-order valence-corrected chi connectivity index (χ2v) is 5.25. The third kappa shape index (κ3) is 3.30. The molecule has 2 aliphatic rings. The molecule has 17 heavy (non-hydrogen) atoms. The van der Waals surface area contributed by atoms with Gasteiger partial charge in [0.1, 0.15) is 0 Å². The highest BCUT2D eigenvalue weighted by molar-refractivity contribution is 5.77. The summed E-state index contributed by atoms with van der Waals surface area (Å²) in [5.74, 6) is -2.14. The van der Waals surface area contributed by atoms with E-state index in [1.54, 1.807) is 0 Å². The number of nitrogens with zero attached hydrogens (tertiary/aromatic N) is 1. The summed E-state index contributed by atoms with van der Waals surface area (Å²) in [5.41, 5.74) is 5.66. The zero-order chi connectivity index (χ0) is 12.3. The van der Waals surface area contributed by atoms with E-state index >= 15 is 0 Å². The molecule has 0 amide bonds. The molecule has 0 saturated heterocycles. The first kappa shape index (κ1) is 12.6. The van der Waals surface area contributed by atoms with Gasteiger partial charge in [-0.3, -0.25) is 4.99 Å². The molecule has 0 bridgehead atoms. The van der Waals surface area contributed by atoms with Crippen molar-refractivity contribution in [2.45, 2.75) is 44.4 Å². The maximum Gasteiger partial charge on any atom is 0.252 e. The Hall–Kier alpha value is -0.870. The van der Waals surface area contributed by atoms with E-state index in [4.69, 9.17) is 5.73 Å². The van der Waals surface area contributed by atoms with Gasteiger partial charge in [0.2, 0.25) is 0 Å². The number of hydrogen-bond donors (Lipinski definition) is 2. The molecule has 3 nitrogen and oxygen atoms in total. The van der Waals surface area contributed by atoms with Gasteiger partial charge in [0, 0.05) is 25.4 Å². The Labute approximate surface area is 101 Å². The quantitative estimate of drug-likeness (QED) is 0.589. The molecule has 0 heterocycles. The summed E-state index contributed by atoms with van der Waals surface area (Å²) in [7, 11) is 0. The number of aliphatic imine (C=N–C) groups is 1. The number of nitrogens with two attached hydrogens (primary N) is 1. The molecular weight excluding hydrogens is 224 g/mol. The fraction of sp³-hybridized carbons (Fsp3) is 0.917. The average Bonchev–Trinajstić information content (AvgIpc) is 2.52. The van der Waals surface area contributed by atoms with Crippen LogP contribution < -0.4 is 11.1 Å². The summed E-state index contributed by atoms with van der Waals surface area (Å²) in [4.78, 5) is 4.19. The zero-order valence-corrected chi connectivity index (χ0v) is 10.1. The molecule has 5 heteroatoms. The van der Waals surface area contributed by atoms with E-state index in [-0.39, 0.29) is 13.0 Å². The first-order valence-electron chi connectivity index (χ1n) is 6.49. The van der Waals surface area contributed by atoms with Crippen LogP contribution in [0, 0.1) is 11.8 Å². The van der Waals surface area contributed by atoms with Crippen LogP contribution in [0.3, 0.4) is 0 Å². The molecule has 0 spiro atoms. The van der Waals surface area contributed by atoms with Gasteiger partial charge in [-0.2, -0.15) is 0 Å². The molecule has 1 unspecified atom stereocenters. The molecule has 0 aliphatic heterocycles. The van der Waals surface area contributed by atoms with Gasteiger partial charge in [-0.15, -0.1) is 0 Å². The summed E-state index contributed by atoms with van der Waals surface area (Å²) < 4.78 is 26.6. The number of guanidine groups is 1. The van der Waals surface area contributed by atoms with Crippen molar-refractivity contribution >= 4 is 5.96 Å². The molecule has 1 atom stereocenters. The lowest BCUT2D eigenvalue weighted by molar-refractivity contribution is -0.0345. The molecule has 98 valence electrons. The van der Waals surface area contributed by atoms with Crippen LogP contribution in [-0.4, -0.2) is 25.0 Å². The van der Waals surface area contributed by atoms with Crippen LogP contribution in [0.5, 0.6) is 0 Å². The molecule has 2 aliphatic carbocycles. The Morgan fingerprint density at radius 3 is 2.59 bits per heavy atom. The highest BCUT2D eigenvalue weighted by atomic mass is 19.3. The van der Waals surface area contributed by atoms with E-state index in [9.17, 15) is 8.78 Å². The number of halogens is 2. The van der Waals surface area contributed by atoms with Crippen LogP contribution in [-0.2, 0) is 0 Å². The van der Waals surface area contributed by atoms with Gasteiger partial charge in [0.05, 0.1) is 0 Å². The smallest absolute Gasteiger partial charge is 0.252 e. The Kier molecular flexibility index (Phi) is 3.84. The maximum atomic E-state index is 13.3. The van der Waals surface area contributed by atoms with E-state index in [2.05, 4.69) is 10.3 Å². The molecule has 0 aromatic rings. The van der Waals surface area contributed by atoms with Crippen molar-refractivity contribution in [3.05, 3.63) is 0 Å². The van der Waals surface area contributed by atoms with E-state index < -0.39 is 11.8 Å². The monoisotopic (exact) mass is 245 g/mol. The lowest BCUT2D eigenvalue weighted by atomic mass is 9.86. The van der Waals surface area contributed by atoms with Crippen molar-refractivity contribution in [1.29, 1.82) is 0 Å². The van der Waals surface area contributed by atoms with Crippen molar-refractivity contribution < 1.29 is 8.78 Å². The summed E-state index contributed by atoms with van der Waals surface area (Å²) in [6.07, 6.45) is 4.92. The van der Waals surface area contributed by atoms with E-state index in [1.807, 2.05) is 0 Å². The third-order valence-electron chi connectivity index (χ3n) is 3.93. The average molecular weight is 245 g/mol. The van der Waals surface area contributed by atoms with Crippen LogP contribution in [0.2, 0.25) is 0 Å². The topological polar surface area (TPSA) is 50.4 Å². The van der Waals surface area contributed by atoms with Gasteiger partial charge in [-0.25, -0.2) is 8.78 Å². The minimum absolute atomic E-state index is 0.0124. The highest BCUT2D eigenvalue weighted by Crippen LogP contribution is 2.39. The van der Waals surface area contributed by atoms with Crippen molar-refractivity contribution in [1.82, 2.24) is 5.32 Å². The molecule has 0 aromatic heterocycles. The van der Waals surface area contributed by atoms with Gasteiger partial charge in [-0.1, -0.05) is 6.42 Å². The standard InChI is InChI=1S/C12H21F2N3/c13-12(14)6-2-5-10(12)8-17-11(15)16-7-9-3-1-4-9/h9-10H,1-8H2,(H3,15,16,17). The zero-order valence-electron chi connectivity index (χ0n) is 10.1. The third-order valence-corrected chi connectivity index (χ3v) is 3.93. The molecule has 0 radical (unpaired) electrons. The lowest BCUT2D eigenvalue weighted by Gasteiger charge is -2.23. The summed E-state index contributed by atoms with van der Waals surface area (Å²) >= 11 is 0. The highest BCUT2D eigenvalue weighted by Gasteiger charge is 2.43. The van der Waals surface area contributed by atoms with Gasteiger partial charge >= 0.3 is 0 Å². The van der Waals surface area contributed by atoms with Crippen LogP contribution in [0.1, 0.15) is 38.5 Å². The fourth-order valence-electron chi connectivity index (χ4n) is 2.44. The largest absolute Gasteiger partial charge is 0.370 e. The van der Waals surface area contributed by atoms with Crippen LogP contribution in [0.4, 0.5) is 8.78 Å². The minimum Gasteiger partial charge on any atom is -0.370 e. The Morgan fingerprint density at radius 2 is 2.06 bits per heavy atom. The van der Waals surface area contributed by atoms with Gasteiger partial charge in [-0.05, 0) is 31.6 Å². The first-order valence-corrected chi connectivity index (χ1v) is 6.49. The first-order chi connectivity index (χ1) is 8.08. The Bertz CT molecular complexity index is 287. The van der Waals surface area contributed by atoms with Crippen LogP contribution in [0.15, 0.2) is 4.99 Å². The number of alkyl halides is 2. The summed E-state index contributed by atoms with van der Waals surface area (Å²) in [6.45, 7) is 0.979. The predicted molar refractivity (Wildman–Crippen MR) is 64.1 cm³/mol. The van der Waals surface area contributed by atoms with Crippen molar-refractivity contribution in [2.75, 3.05) is 13.1 Å². The second kappa shape index (κ2) is 5.19. The van der Waals surface area contributed by atoms with Gasteiger partial charge in [0.25, 0.3) is 5.92 Å².